The van der Waals surface area contributed by atoms with Crippen molar-refractivity contribution in [2.24, 2.45) is 5.73 Å². The monoisotopic (exact) mass is 394 g/mol. The Hall–Kier alpha value is -2.58. The smallest absolute Gasteiger partial charge is 0.411 e. The molecule has 0 aliphatic carbocycles. The highest BCUT2D eigenvalue weighted by molar-refractivity contribution is 6.31. The standard InChI is InChI=1S/C18H23ClN4O4/c1-3-4-9-27-14(24)10-13(20)17-22-15(16(19)23-17)11-5-7-12(8-6-11)21-18(25)26-2/h5-8,13H,3-4,9-10,20H2,1-2H3,(H,21,25)(H,22,23)/t13-/m0/s1. The number of esters is 1. The summed E-state index contributed by atoms with van der Waals surface area (Å²) in [5, 5.41) is 2.87. The van der Waals surface area contributed by atoms with Gasteiger partial charge in [0.05, 0.1) is 26.2 Å². The van der Waals surface area contributed by atoms with Gasteiger partial charge in [-0.2, -0.15) is 0 Å². The van der Waals surface area contributed by atoms with Crippen molar-refractivity contribution in [1.82, 2.24) is 9.97 Å². The fourth-order valence-corrected chi connectivity index (χ4v) is 2.53. The van der Waals surface area contributed by atoms with E-state index < -0.39 is 12.1 Å². The second-order valence-corrected chi connectivity index (χ2v) is 6.24. The van der Waals surface area contributed by atoms with Crippen LogP contribution in [0.15, 0.2) is 24.3 Å². The number of aromatic nitrogens is 2. The molecule has 0 fully saturated rings. The van der Waals surface area contributed by atoms with E-state index >= 15 is 0 Å². The van der Waals surface area contributed by atoms with E-state index in [1.807, 2.05) is 6.92 Å². The summed E-state index contributed by atoms with van der Waals surface area (Å²) in [5.41, 5.74) is 7.85. The van der Waals surface area contributed by atoms with Gasteiger partial charge in [0.1, 0.15) is 16.7 Å². The second-order valence-electron chi connectivity index (χ2n) is 5.86. The van der Waals surface area contributed by atoms with Crippen LogP contribution in [0.5, 0.6) is 0 Å². The number of H-pyrrole nitrogens is 1. The number of nitrogens with zero attached hydrogens (tertiary/aromatic N) is 1. The van der Waals surface area contributed by atoms with Crippen molar-refractivity contribution in [2.75, 3.05) is 19.0 Å². The lowest BCUT2D eigenvalue weighted by atomic mass is 10.1. The van der Waals surface area contributed by atoms with Gasteiger partial charge in [-0.25, -0.2) is 9.78 Å². The Morgan fingerprint density at radius 3 is 2.67 bits per heavy atom. The molecule has 0 bridgehead atoms. The molecule has 1 heterocycles. The molecule has 0 saturated heterocycles. The number of hydrogen-bond donors (Lipinski definition) is 3. The molecule has 0 aliphatic heterocycles. The number of rotatable bonds is 8. The van der Waals surface area contributed by atoms with Crippen LogP contribution < -0.4 is 11.1 Å². The second kappa shape index (κ2) is 9.94. The van der Waals surface area contributed by atoms with Crippen LogP contribution in [-0.4, -0.2) is 35.7 Å². The summed E-state index contributed by atoms with van der Waals surface area (Å²) in [6.07, 6.45) is 1.22. The predicted molar refractivity (Wildman–Crippen MR) is 102 cm³/mol. The van der Waals surface area contributed by atoms with Crippen molar-refractivity contribution >= 4 is 29.4 Å². The number of anilines is 1. The largest absolute Gasteiger partial charge is 0.466 e. The minimum atomic E-state index is -0.648. The molecule has 4 N–H and O–H groups in total. The first-order valence-electron chi connectivity index (χ1n) is 8.56. The maximum Gasteiger partial charge on any atom is 0.411 e. The summed E-state index contributed by atoms with van der Waals surface area (Å²) in [4.78, 5) is 30.3. The Morgan fingerprint density at radius 1 is 1.33 bits per heavy atom. The fourth-order valence-electron chi connectivity index (χ4n) is 2.28. The molecule has 0 spiro atoms. The molecular formula is C18H23ClN4O4. The third-order valence-electron chi connectivity index (χ3n) is 3.77. The molecule has 1 aromatic heterocycles. The van der Waals surface area contributed by atoms with Gasteiger partial charge in [-0.05, 0) is 18.6 Å². The minimum absolute atomic E-state index is 0.00891. The molecule has 0 saturated carbocycles. The number of methoxy groups -OCH3 is 1. The first-order chi connectivity index (χ1) is 12.9. The molecule has 27 heavy (non-hydrogen) atoms. The van der Waals surface area contributed by atoms with Crippen LogP contribution in [0.1, 0.15) is 38.1 Å². The highest BCUT2D eigenvalue weighted by atomic mass is 35.5. The quantitative estimate of drug-likeness (QED) is 0.464. The number of aromatic amines is 1. The van der Waals surface area contributed by atoms with Crippen molar-refractivity contribution in [3.63, 3.8) is 0 Å². The van der Waals surface area contributed by atoms with Gasteiger partial charge in [-0.15, -0.1) is 0 Å². The number of amides is 1. The summed E-state index contributed by atoms with van der Waals surface area (Å²) in [6.45, 7) is 2.40. The Kier molecular flexibility index (Phi) is 7.63. The topological polar surface area (TPSA) is 119 Å². The lowest BCUT2D eigenvalue weighted by molar-refractivity contribution is -0.144. The van der Waals surface area contributed by atoms with Crippen molar-refractivity contribution in [1.29, 1.82) is 0 Å². The van der Waals surface area contributed by atoms with Crippen LogP contribution in [0.3, 0.4) is 0 Å². The molecule has 0 unspecified atom stereocenters. The maximum absolute atomic E-state index is 11.8. The number of nitrogens with two attached hydrogens (primary N) is 1. The van der Waals surface area contributed by atoms with Gasteiger partial charge in [0, 0.05) is 11.3 Å². The van der Waals surface area contributed by atoms with E-state index in [2.05, 4.69) is 20.0 Å². The molecular weight excluding hydrogens is 372 g/mol. The van der Waals surface area contributed by atoms with Gasteiger partial charge >= 0.3 is 12.1 Å². The number of unbranched alkanes of at least 4 members (excludes halogenated alkanes) is 1. The molecule has 8 nitrogen and oxygen atoms in total. The zero-order chi connectivity index (χ0) is 19.8. The van der Waals surface area contributed by atoms with Crippen molar-refractivity contribution in [3.05, 3.63) is 35.2 Å². The van der Waals surface area contributed by atoms with Gasteiger partial charge in [-0.1, -0.05) is 37.1 Å². The molecule has 2 rings (SSSR count). The van der Waals surface area contributed by atoms with Crippen LogP contribution in [0, 0.1) is 0 Å². The van der Waals surface area contributed by atoms with E-state index in [0.717, 1.165) is 18.4 Å². The third-order valence-corrected chi connectivity index (χ3v) is 4.04. The highest BCUT2D eigenvalue weighted by Crippen LogP contribution is 2.28. The third kappa shape index (κ3) is 5.97. The van der Waals surface area contributed by atoms with E-state index in [9.17, 15) is 9.59 Å². The normalized spacial score (nSPS) is 11.7. The molecule has 2 aromatic rings. The Morgan fingerprint density at radius 2 is 2.04 bits per heavy atom. The summed E-state index contributed by atoms with van der Waals surface area (Å²) in [6, 6.07) is 6.25. The summed E-state index contributed by atoms with van der Waals surface area (Å²) in [7, 11) is 1.29. The lowest BCUT2D eigenvalue weighted by Crippen LogP contribution is -2.18. The van der Waals surface area contributed by atoms with Gasteiger partial charge < -0.3 is 20.2 Å². The molecule has 146 valence electrons. The van der Waals surface area contributed by atoms with E-state index in [1.165, 1.54) is 7.11 Å². The van der Waals surface area contributed by atoms with E-state index in [-0.39, 0.29) is 12.4 Å². The van der Waals surface area contributed by atoms with Crippen LogP contribution in [0.2, 0.25) is 5.15 Å². The molecule has 0 radical (unpaired) electrons. The molecule has 0 aliphatic rings. The maximum atomic E-state index is 11.8. The van der Waals surface area contributed by atoms with Gasteiger partial charge in [-0.3, -0.25) is 10.1 Å². The summed E-state index contributed by atoms with van der Waals surface area (Å²) in [5.74, 6) is 0.0301. The number of benzene rings is 1. The number of nitrogens with one attached hydrogen (secondary N) is 2. The van der Waals surface area contributed by atoms with Crippen LogP contribution >= 0.6 is 11.6 Å². The summed E-state index contributed by atoms with van der Waals surface area (Å²) < 4.78 is 9.65. The first-order valence-corrected chi connectivity index (χ1v) is 8.94. The number of ether oxygens (including phenoxy) is 2. The van der Waals surface area contributed by atoms with Crippen molar-refractivity contribution < 1.29 is 19.1 Å². The number of halogens is 1. The van der Waals surface area contributed by atoms with Crippen molar-refractivity contribution in [3.8, 4) is 11.3 Å². The lowest BCUT2D eigenvalue weighted by Gasteiger charge is -2.08. The van der Waals surface area contributed by atoms with Crippen LogP contribution in [0.4, 0.5) is 10.5 Å². The average molecular weight is 395 g/mol. The number of imidazole rings is 1. The zero-order valence-corrected chi connectivity index (χ0v) is 16.0. The number of carbonyl (C=O) groups excluding carboxylic acids is 2. The summed E-state index contributed by atoms with van der Waals surface area (Å²) >= 11 is 6.23. The fraction of sp³-hybridized carbons (Fsp3) is 0.389. The van der Waals surface area contributed by atoms with E-state index in [1.54, 1.807) is 24.3 Å². The van der Waals surface area contributed by atoms with Crippen molar-refractivity contribution in [2.45, 2.75) is 32.2 Å². The number of carbonyl (C=O) groups is 2. The van der Waals surface area contributed by atoms with Gasteiger partial charge in [0.2, 0.25) is 0 Å². The Labute approximate surface area is 162 Å². The van der Waals surface area contributed by atoms with Crippen LogP contribution in [-0.2, 0) is 14.3 Å². The van der Waals surface area contributed by atoms with E-state index in [4.69, 9.17) is 22.1 Å². The zero-order valence-electron chi connectivity index (χ0n) is 15.3. The predicted octanol–water partition coefficient (Wildman–Crippen LogP) is 3.64. The molecule has 1 amide bonds. The average Bonchev–Trinajstić information content (AvgIpc) is 3.04. The SMILES string of the molecule is CCCCOC(=O)C[C@H](N)c1nc(-c2ccc(NC(=O)OC)cc2)c(Cl)[nH]1. The van der Waals surface area contributed by atoms with Crippen LogP contribution in [0.25, 0.3) is 11.3 Å². The molecule has 9 heteroatoms. The Bertz CT molecular complexity index is 776. The first kappa shape index (κ1) is 20.7. The van der Waals surface area contributed by atoms with Gasteiger partial charge in [0.25, 0.3) is 0 Å². The number of hydrogen-bond acceptors (Lipinski definition) is 6. The van der Waals surface area contributed by atoms with E-state index in [0.29, 0.717) is 29.0 Å². The molecule has 1 aromatic carbocycles. The minimum Gasteiger partial charge on any atom is -0.466 e. The highest BCUT2D eigenvalue weighted by Gasteiger charge is 2.19. The molecule has 1 atom stereocenters. The Balaban J connectivity index is 2.04. The van der Waals surface area contributed by atoms with Gasteiger partial charge in [0.15, 0.2) is 0 Å².